The van der Waals surface area contributed by atoms with Gasteiger partial charge >= 0.3 is 0 Å². The van der Waals surface area contributed by atoms with Crippen LogP contribution in [0, 0.1) is 0 Å². The molecule has 1 N–H and O–H groups in total. The van der Waals surface area contributed by atoms with Crippen LogP contribution in [0.5, 0.6) is 0 Å². The minimum atomic E-state index is 0.265. The van der Waals surface area contributed by atoms with Crippen LogP contribution < -0.4 is 5.32 Å². The highest BCUT2D eigenvalue weighted by Crippen LogP contribution is 2.17. The molecule has 0 amide bonds. The third kappa shape index (κ3) is 2.79. The molecule has 0 aliphatic carbocycles. The molecule has 2 rings (SSSR count). The predicted octanol–water partition coefficient (Wildman–Crippen LogP) is 2.35. The van der Waals surface area contributed by atoms with Gasteiger partial charge in [-0.2, -0.15) is 4.68 Å². The van der Waals surface area contributed by atoms with E-state index < -0.39 is 0 Å². The highest BCUT2D eigenvalue weighted by atomic mass is 15.4. The first-order chi connectivity index (χ1) is 9.58. The highest BCUT2D eigenvalue weighted by molar-refractivity contribution is 5.41. The Morgan fingerprint density at radius 3 is 2.45 bits per heavy atom. The first-order valence-electron chi connectivity index (χ1n) is 7.10. The van der Waals surface area contributed by atoms with Gasteiger partial charge in [0.15, 0.2) is 11.6 Å². The summed E-state index contributed by atoms with van der Waals surface area (Å²) in [5, 5.41) is 7.61. The molecule has 108 valence electrons. The fourth-order valence-electron chi connectivity index (χ4n) is 1.90. The maximum atomic E-state index is 4.62. The lowest BCUT2D eigenvalue weighted by atomic mass is 10.2. The van der Waals surface area contributed by atoms with Crippen molar-refractivity contribution < 1.29 is 0 Å². The molecular formula is C14H22N6. The normalized spacial score (nSPS) is 11.1. The number of nitrogens with zero attached hydrogens (tertiary/aromatic N) is 5. The summed E-state index contributed by atoms with van der Waals surface area (Å²) in [4.78, 5) is 13.6. The van der Waals surface area contributed by atoms with E-state index in [1.165, 1.54) is 0 Å². The third-order valence-corrected chi connectivity index (χ3v) is 3.07. The minimum Gasteiger partial charge on any atom is -0.373 e. The molecule has 0 spiro atoms. The number of aromatic nitrogens is 5. The lowest BCUT2D eigenvalue weighted by molar-refractivity contribution is 0.724. The molecular weight excluding hydrogens is 252 g/mol. The Morgan fingerprint density at radius 1 is 1.15 bits per heavy atom. The zero-order chi connectivity index (χ0) is 14.7. The van der Waals surface area contributed by atoms with Gasteiger partial charge in [-0.25, -0.2) is 15.0 Å². The summed E-state index contributed by atoms with van der Waals surface area (Å²) in [7, 11) is 1.86. The highest BCUT2D eigenvalue weighted by Gasteiger charge is 2.14. The second-order valence-electron chi connectivity index (χ2n) is 4.94. The van der Waals surface area contributed by atoms with Crippen molar-refractivity contribution in [3.05, 3.63) is 23.5 Å². The Kier molecular flexibility index (Phi) is 4.32. The van der Waals surface area contributed by atoms with Crippen LogP contribution in [0.25, 0.3) is 5.82 Å². The molecule has 2 heterocycles. The van der Waals surface area contributed by atoms with Gasteiger partial charge < -0.3 is 5.32 Å². The molecule has 0 aliphatic heterocycles. The standard InChI is InChI=1S/C14H22N6/c1-6-10-16-12(7-2)20(19-10)13-8-11(15-5)17-14(18-13)9(3)4/h8-9H,6-7H2,1-5H3,(H,15,17,18). The van der Waals surface area contributed by atoms with Crippen LogP contribution >= 0.6 is 0 Å². The van der Waals surface area contributed by atoms with Gasteiger partial charge in [0.2, 0.25) is 0 Å². The van der Waals surface area contributed by atoms with Gasteiger partial charge in [-0.05, 0) is 0 Å². The molecule has 0 bridgehead atoms. The number of rotatable bonds is 5. The largest absolute Gasteiger partial charge is 0.373 e. The van der Waals surface area contributed by atoms with Gasteiger partial charge in [-0.1, -0.05) is 27.7 Å². The Hall–Kier alpha value is -1.98. The van der Waals surface area contributed by atoms with Crippen LogP contribution in [0.2, 0.25) is 0 Å². The molecule has 0 aliphatic rings. The molecule has 2 aromatic heterocycles. The van der Waals surface area contributed by atoms with Crippen molar-refractivity contribution in [2.45, 2.75) is 46.5 Å². The maximum Gasteiger partial charge on any atom is 0.161 e. The van der Waals surface area contributed by atoms with E-state index in [2.05, 4.69) is 53.1 Å². The Morgan fingerprint density at radius 2 is 1.90 bits per heavy atom. The molecule has 6 nitrogen and oxygen atoms in total. The fourth-order valence-corrected chi connectivity index (χ4v) is 1.90. The van der Waals surface area contributed by atoms with E-state index in [1.54, 1.807) is 0 Å². The van der Waals surface area contributed by atoms with Crippen molar-refractivity contribution in [1.29, 1.82) is 0 Å². The van der Waals surface area contributed by atoms with E-state index in [9.17, 15) is 0 Å². The van der Waals surface area contributed by atoms with E-state index in [0.717, 1.165) is 42.0 Å². The van der Waals surface area contributed by atoms with Gasteiger partial charge in [0.1, 0.15) is 17.5 Å². The van der Waals surface area contributed by atoms with Crippen LogP contribution in [-0.2, 0) is 12.8 Å². The predicted molar refractivity (Wildman–Crippen MR) is 79.3 cm³/mol. The summed E-state index contributed by atoms with van der Waals surface area (Å²) < 4.78 is 1.83. The van der Waals surface area contributed by atoms with E-state index >= 15 is 0 Å². The number of hydrogen-bond acceptors (Lipinski definition) is 5. The fraction of sp³-hybridized carbons (Fsp3) is 0.571. The average Bonchev–Trinajstić information content (AvgIpc) is 2.90. The summed E-state index contributed by atoms with van der Waals surface area (Å²) in [5.74, 6) is 4.42. The lowest BCUT2D eigenvalue weighted by Crippen LogP contribution is -2.10. The van der Waals surface area contributed by atoms with Crippen LogP contribution in [0.1, 0.15) is 51.1 Å². The van der Waals surface area contributed by atoms with Gasteiger partial charge in [-0.3, -0.25) is 0 Å². The van der Waals surface area contributed by atoms with E-state index in [0.29, 0.717) is 0 Å². The molecule has 0 radical (unpaired) electrons. The van der Waals surface area contributed by atoms with Crippen LogP contribution in [0.15, 0.2) is 6.07 Å². The molecule has 0 fully saturated rings. The second-order valence-corrected chi connectivity index (χ2v) is 4.94. The topological polar surface area (TPSA) is 68.5 Å². The van der Waals surface area contributed by atoms with Crippen molar-refractivity contribution in [2.75, 3.05) is 12.4 Å². The van der Waals surface area contributed by atoms with Crippen molar-refractivity contribution >= 4 is 5.82 Å². The summed E-state index contributed by atoms with van der Waals surface area (Å²) in [6.07, 6.45) is 1.64. The van der Waals surface area contributed by atoms with Crippen LogP contribution in [0.3, 0.4) is 0 Å². The van der Waals surface area contributed by atoms with Gasteiger partial charge in [0.25, 0.3) is 0 Å². The molecule has 6 heteroatoms. The number of anilines is 1. The van der Waals surface area contributed by atoms with Gasteiger partial charge in [-0.15, -0.1) is 5.10 Å². The molecule has 0 atom stereocenters. The first kappa shape index (κ1) is 14.4. The summed E-state index contributed by atoms with van der Waals surface area (Å²) in [6.45, 7) is 8.29. The second kappa shape index (κ2) is 5.98. The molecule has 0 unspecified atom stereocenters. The molecule has 0 aromatic carbocycles. The van der Waals surface area contributed by atoms with Gasteiger partial charge in [0.05, 0.1) is 0 Å². The summed E-state index contributed by atoms with van der Waals surface area (Å²) >= 11 is 0. The molecule has 0 saturated carbocycles. The number of aryl methyl sites for hydroxylation is 2. The zero-order valence-electron chi connectivity index (χ0n) is 12.8. The maximum absolute atomic E-state index is 4.62. The molecule has 0 saturated heterocycles. The van der Waals surface area contributed by atoms with Crippen LogP contribution in [-0.4, -0.2) is 31.8 Å². The summed E-state index contributed by atoms with van der Waals surface area (Å²) in [5.41, 5.74) is 0. The smallest absolute Gasteiger partial charge is 0.161 e. The van der Waals surface area contributed by atoms with Crippen molar-refractivity contribution in [3.8, 4) is 5.82 Å². The number of hydrogen-bond donors (Lipinski definition) is 1. The Bertz CT molecular complexity index is 587. The summed E-state index contributed by atoms with van der Waals surface area (Å²) in [6, 6.07) is 1.90. The third-order valence-electron chi connectivity index (χ3n) is 3.07. The van der Waals surface area contributed by atoms with Crippen LogP contribution in [0.4, 0.5) is 5.82 Å². The lowest BCUT2D eigenvalue weighted by Gasteiger charge is -2.10. The number of nitrogens with one attached hydrogen (secondary N) is 1. The Balaban J connectivity index is 2.56. The van der Waals surface area contributed by atoms with Crippen molar-refractivity contribution in [3.63, 3.8) is 0 Å². The average molecular weight is 274 g/mol. The first-order valence-corrected chi connectivity index (χ1v) is 7.10. The molecule has 2 aromatic rings. The van der Waals surface area contributed by atoms with Crippen molar-refractivity contribution in [2.24, 2.45) is 0 Å². The monoisotopic (exact) mass is 274 g/mol. The molecule has 20 heavy (non-hydrogen) atoms. The zero-order valence-corrected chi connectivity index (χ0v) is 12.8. The minimum absolute atomic E-state index is 0.265. The quantitative estimate of drug-likeness (QED) is 0.906. The van der Waals surface area contributed by atoms with Crippen molar-refractivity contribution in [1.82, 2.24) is 24.7 Å². The van der Waals surface area contributed by atoms with E-state index in [4.69, 9.17) is 0 Å². The Labute approximate surface area is 119 Å². The van der Waals surface area contributed by atoms with E-state index in [-0.39, 0.29) is 5.92 Å². The SMILES string of the molecule is CCc1nc(CC)n(-c2cc(NC)nc(C(C)C)n2)n1. The van der Waals surface area contributed by atoms with E-state index in [1.807, 2.05) is 17.8 Å². The van der Waals surface area contributed by atoms with Gasteiger partial charge in [0, 0.05) is 31.9 Å².